The Hall–Kier alpha value is -2.57. The van der Waals surface area contributed by atoms with Crippen molar-refractivity contribution in [3.8, 4) is 5.75 Å². The summed E-state index contributed by atoms with van der Waals surface area (Å²) in [6.07, 6.45) is 0. The van der Waals surface area contributed by atoms with Gasteiger partial charge in [-0.3, -0.25) is 4.90 Å². The van der Waals surface area contributed by atoms with Crippen LogP contribution in [0.1, 0.15) is 30.5 Å². The number of hydrogen-bond acceptors (Lipinski definition) is 4. The standard InChI is InChI=1S/C24H33N3O3/c1-19(2)18-30-23-9-5-6-20(14-23)15-25-24(28)26-16-21-7-3-4-8-22(21)17-27-10-12-29-13-11-27/h3-9,14,19H,10-13,15-18H2,1-2H3,(H2,25,26,28). The van der Waals surface area contributed by atoms with E-state index in [1.807, 2.05) is 36.4 Å². The molecule has 162 valence electrons. The Morgan fingerprint density at radius 2 is 1.77 bits per heavy atom. The first-order valence-electron chi connectivity index (χ1n) is 10.7. The van der Waals surface area contributed by atoms with Crippen molar-refractivity contribution in [3.63, 3.8) is 0 Å². The van der Waals surface area contributed by atoms with E-state index < -0.39 is 0 Å². The Kier molecular flexibility index (Phi) is 8.53. The predicted molar refractivity (Wildman–Crippen MR) is 118 cm³/mol. The van der Waals surface area contributed by atoms with Crippen LogP contribution in [0.3, 0.4) is 0 Å². The zero-order valence-corrected chi connectivity index (χ0v) is 18.0. The molecule has 0 aromatic heterocycles. The monoisotopic (exact) mass is 411 g/mol. The van der Waals surface area contributed by atoms with Gasteiger partial charge in [-0.05, 0) is 34.7 Å². The highest BCUT2D eigenvalue weighted by molar-refractivity contribution is 5.73. The van der Waals surface area contributed by atoms with E-state index in [0.29, 0.717) is 25.6 Å². The van der Waals surface area contributed by atoms with Crippen LogP contribution in [-0.2, 0) is 24.4 Å². The molecule has 0 bridgehead atoms. The molecular weight excluding hydrogens is 378 g/mol. The molecule has 2 amide bonds. The molecule has 2 aromatic carbocycles. The van der Waals surface area contributed by atoms with Crippen molar-refractivity contribution in [1.82, 2.24) is 15.5 Å². The highest BCUT2D eigenvalue weighted by atomic mass is 16.5. The van der Waals surface area contributed by atoms with Gasteiger partial charge in [-0.1, -0.05) is 50.2 Å². The molecule has 3 rings (SSSR count). The minimum atomic E-state index is -0.176. The molecule has 1 aliphatic rings. The maximum Gasteiger partial charge on any atom is 0.315 e. The van der Waals surface area contributed by atoms with Gasteiger partial charge in [0.25, 0.3) is 0 Å². The number of urea groups is 1. The summed E-state index contributed by atoms with van der Waals surface area (Å²) >= 11 is 0. The number of amides is 2. The van der Waals surface area contributed by atoms with E-state index in [0.717, 1.165) is 49.7 Å². The summed E-state index contributed by atoms with van der Waals surface area (Å²) in [5.41, 5.74) is 3.40. The lowest BCUT2D eigenvalue weighted by molar-refractivity contribution is 0.0341. The number of rotatable bonds is 9. The minimum Gasteiger partial charge on any atom is -0.493 e. The van der Waals surface area contributed by atoms with Crippen LogP contribution in [0.4, 0.5) is 4.79 Å². The second kappa shape index (κ2) is 11.6. The summed E-state index contributed by atoms with van der Waals surface area (Å²) in [4.78, 5) is 14.7. The first-order chi connectivity index (χ1) is 14.6. The van der Waals surface area contributed by atoms with Gasteiger partial charge in [0.15, 0.2) is 0 Å². The van der Waals surface area contributed by atoms with Gasteiger partial charge in [-0.25, -0.2) is 4.79 Å². The van der Waals surface area contributed by atoms with Crippen molar-refractivity contribution in [3.05, 3.63) is 65.2 Å². The number of benzene rings is 2. The van der Waals surface area contributed by atoms with Crippen molar-refractivity contribution < 1.29 is 14.3 Å². The van der Waals surface area contributed by atoms with Gasteiger partial charge >= 0.3 is 6.03 Å². The number of nitrogens with one attached hydrogen (secondary N) is 2. The fraction of sp³-hybridized carbons (Fsp3) is 0.458. The maximum absolute atomic E-state index is 12.3. The van der Waals surface area contributed by atoms with Gasteiger partial charge in [0.05, 0.1) is 19.8 Å². The Bertz CT molecular complexity index is 804. The van der Waals surface area contributed by atoms with E-state index in [-0.39, 0.29) is 6.03 Å². The molecule has 0 aliphatic carbocycles. The zero-order chi connectivity index (χ0) is 21.2. The maximum atomic E-state index is 12.3. The van der Waals surface area contributed by atoms with Crippen LogP contribution in [0.15, 0.2) is 48.5 Å². The van der Waals surface area contributed by atoms with E-state index in [4.69, 9.17) is 9.47 Å². The predicted octanol–water partition coefficient (Wildman–Crippen LogP) is 3.55. The van der Waals surface area contributed by atoms with Crippen LogP contribution in [-0.4, -0.2) is 43.8 Å². The van der Waals surface area contributed by atoms with Gasteiger partial charge in [0.1, 0.15) is 5.75 Å². The van der Waals surface area contributed by atoms with Gasteiger partial charge < -0.3 is 20.1 Å². The van der Waals surface area contributed by atoms with Crippen molar-refractivity contribution in [2.75, 3.05) is 32.9 Å². The second-order valence-corrected chi connectivity index (χ2v) is 8.05. The minimum absolute atomic E-state index is 0.176. The lowest BCUT2D eigenvalue weighted by atomic mass is 10.1. The largest absolute Gasteiger partial charge is 0.493 e. The molecule has 0 radical (unpaired) electrons. The second-order valence-electron chi connectivity index (χ2n) is 8.05. The molecule has 6 nitrogen and oxygen atoms in total. The molecule has 0 saturated carbocycles. The summed E-state index contributed by atoms with van der Waals surface area (Å²) in [6, 6.07) is 15.9. The fourth-order valence-corrected chi connectivity index (χ4v) is 3.31. The molecule has 0 atom stereocenters. The molecule has 30 heavy (non-hydrogen) atoms. The zero-order valence-electron chi connectivity index (χ0n) is 18.0. The molecular formula is C24H33N3O3. The Balaban J connectivity index is 1.46. The lowest BCUT2D eigenvalue weighted by Gasteiger charge is -2.27. The van der Waals surface area contributed by atoms with E-state index in [1.165, 1.54) is 5.56 Å². The average molecular weight is 412 g/mol. The van der Waals surface area contributed by atoms with Gasteiger partial charge in [-0.2, -0.15) is 0 Å². The first-order valence-corrected chi connectivity index (χ1v) is 10.7. The third-order valence-corrected chi connectivity index (χ3v) is 4.99. The van der Waals surface area contributed by atoms with E-state index in [9.17, 15) is 4.79 Å². The number of morpholine rings is 1. The summed E-state index contributed by atoms with van der Waals surface area (Å²) in [5, 5.41) is 5.91. The molecule has 0 spiro atoms. The lowest BCUT2D eigenvalue weighted by Crippen LogP contribution is -2.37. The van der Waals surface area contributed by atoms with Crippen LogP contribution < -0.4 is 15.4 Å². The van der Waals surface area contributed by atoms with Crippen molar-refractivity contribution in [2.45, 2.75) is 33.5 Å². The van der Waals surface area contributed by atoms with E-state index in [1.54, 1.807) is 0 Å². The first kappa shape index (κ1) is 22.1. The SMILES string of the molecule is CC(C)COc1cccc(CNC(=O)NCc2ccccc2CN2CCOCC2)c1. The number of ether oxygens (including phenoxy) is 2. The quantitative estimate of drug-likeness (QED) is 0.662. The normalized spacial score (nSPS) is 14.5. The summed E-state index contributed by atoms with van der Waals surface area (Å²) < 4.78 is 11.2. The van der Waals surface area contributed by atoms with Gasteiger partial charge in [0, 0.05) is 32.7 Å². The van der Waals surface area contributed by atoms with Crippen LogP contribution in [0.5, 0.6) is 5.75 Å². The fourth-order valence-electron chi connectivity index (χ4n) is 3.31. The summed E-state index contributed by atoms with van der Waals surface area (Å²) in [5.74, 6) is 1.31. The number of carbonyl (C=O) groups is 1. The summed E-state index contributed by atoms with van der Waals surface area (Å²) in [7, 11) is 0. The molecule has 0 unspecified atom stereocenters. The highest BCUT2D eigenvalue weighted by Crippen LogP contribution is 2.15. The molecule has 1 fully saturated rings. The number of nitrogens with zero attached hydrogens (tertiary/aromatic N) is 1. The van der Waals surface area contributed by atoms with Crippen LogP contribution in [0.2, 0.25) is 0 Å². The molecule has 1 saturated heterocycles. The molecule has 2 N–H and O–H groups in total. The third-order valence-electron chi connectivity index (χ3n) is 4.99. The van der Waals surface area contributed by atoms with Gasteiger partial charge in [0.2, 0.25) is 0 Å². The smallest absolute Gasteiger partial charge is 0.315 e. The topological polar surface area (TPSA) is 62.8 Å². The Labute approximate surface area is 179 Å². The van der Waals surface area contributed by atoms with Crippen LogP contribution in [0.25, 0.3) is 0 Å². The van der Waals surface area contributed by atoms with Crippen molar-refractivity contribution in [1.29, 1.82) is 0 Å². The van der Waals surface area contributed by atoms with Gasteiger partial charge in [-0.15, -0.1) is 0 Å². The van der Waals surface area contributed by atoms with E-state index >= 15 is 0 Å². The number of hydrogen-bond donors (Lipinski definition) is 2. The molecule has 1 aliphatic heterocycles. The van der Waals surface area contributed by atoms with E-state index in [2.05, 4.69) is 41.5 Å². The Morgan fingerprint density at radius 3 is 2.53 bits per heavy atom. The molecule has 2 aromatic rings. The highest BCUT2D eigenvalue weighted by Gasteiger charge is 2.13. The van der Waals surface area contributed by atoms with Crippen LogP contribution >= 0.6 is 0 Å². The van der Waals surface area contributed by atoms with Crippen LogP contribution in [0, 0.1) is 5.92 Å². The molecule has 1 heterocycles. The van der Waals surface area contributed by atoms with Crippen molar-refractivity contribution in [2.24, 2.45) is 5.92 Å². The van der Waals surface area contributed by atoms with Crippen molar-refractivity contribution >= 4 is 6.03 Å². The molecule has 6 heteroatoms. The average Bonchev–Trinajstić information content (AvgIpc) is 2.77. The number of carbonyl (C=O) groups excluding carboxylic acids is 1. The third kappa shape index (κ3) is 7.35. The Morgan fingerprint density at radius 1 is 1.03 bits per heavy atom. The summed E-state index contributed by atoms with van der Waals surface area (Å²) in [6.45, 7) is 10.2.